The van der Waals surface area contributed by atoms with Gasteiger partial charge >= 0.3 is 6.09 Å². The molecule has 2 N–H and O–H groups in total. The molecule has 194 valence electrons. The maximum Gasteiger partial charge on any atom is 0.412 e. The third-order valence-corrected chi connectivity index (χ3v) is 5.93. The molecule has 0 aromatic heterocycles. The summed E-state index contributed by atoms with van der Waals surface area (Å²) in [5, 5.41) is 6.30. The summed E-state index contributed by atoms with van der Waals surface area (Å²) >= 11 is 0. The van der Waals surface area contributed by atoms with Gasteiger partial charge in [0.2, 0.25) is 5.75 Å². The highest BCUT2D eigenvalue weighted by atomic mass is 16.6. The van der Waals surface area contributed by atoms with Crippen LogP contribution in [0.1, 0.15) is 63.9 Å². The number of methoxy groups -OCH3 is 2. The summed E-state index contributed by atoms with van der Waals surface area (Å²) < 4.78 is 27.4. The molecule has 34 heavy (non-hydrogen) atoms. The molecule has 8 heteroatoms. The summed E-state index contributed by atoms with van der Waals surface area (Å²) in [6, 6.07) is 4.37. The van der Waals surface area contributed by atoms with Crippen molar-refractivity contribution in [1.82, 2.24) is 10.6 Å². The SMILES string of the molecule is CCCc1cc(OC)c(OC(=O)NCCOCCOCCNC2CCCCCCC2)c(OC)c1. The Morgan fingerprint density at radius 2 is 1.47 bits per heavy atom. The Hall–Kier alpha value is -2.03. The van der Waals surface area contributed by atoms with Gasteiger partial charge in [0.05, 0.1) is 40.6 Å². The molecule has 1 aromatic carbocycles. The van der Waals surface area contributed by atoms with Gasteiger partial charge < -0.3 is 34.3 Å². The Balaban J connectivity index is 1.55. The first-order chi connectivity index (χ1) is 16.7. The molecule has 0 unspecified atom stereocenters. The lowest BCUT2D eigenvalue weighted by atomic mass is 9.97. The van der Waals surface area contributed by atoms with Gasteiger partial charge in [0.1, 0.15) is 0 Å². The topological polar surface area (TPSA) is 87.3 Å². The van der Waals surface area contributed by atoms with Crippen LogP contribution in [0.2, 0.25) is 0 Å². The number of hydrogen-bond donors (Lipinski definition) is 2. The first-order valence-electron chi connectivity index (χ1n) is 12.8. The Bertz CT molecular complexity index is 667. The number of hydrogen-bond acceptors (Lipinski definition) is 7. The summed E-state index contributed by atoms with van der Waals surface area (Å²) in [5.41, 5.74) is 1.07. The fraction of sp³-hybridized carbons (Fsp3) is 0.731. The number of ether oxygens (including phenoxy) is 5. The van der Waals surface area contributed by atoms with Gasteiger partial charge in [0.25, 0.3) is 0 Å². The maximum absolute atomic E-state index is 12.2. The Morgan fingerprint density at radius 3 is 2.06 bits per heavy atom. The van der Waals surface area contributed by atoms with Crippen molar-refractivity contribution in [3.05, 3.63) is 17.7 Å². The summed E-state index contributed by atoms with van der Waals surface area (Å²) in [4.78, 5) is 12.2. The van der Waals surface area contributed by atoms with Crippen LogP contribution in [0.5, 0.6) is 17.2 Å². The largest absolute Gasteiger partial charge is 0.493 e. The molecule has 0 atom stereocenters. The van der Waals surface area contributed by atoms with E-state index in [0.717, 1.165) is 24.9 Å². The zero-order valence-electron chi connectivity index (χ0n) is 21.3. The fourth-order valence-electron chi connectivity index (χ4n) is 4.14. The highest BCUT2D eigenvalue weighted by molar-refractivity contribution is 5.73. The predicted octanol–water partition coefficient (Wildman–Crippen LogP) is 4.48. The molecule has 1 saturated carbocycles. The van der Waals surface area contributed by atoms with Gasteiger partial charge in [-0.25, -0.2) is 4.79 Å². The molecule has 0 saturated heterocycles. The maximum atomic E-state index is 12.2. The Kier molecular flexibility index (Phi) is 14.4. The monoisotopic (exact) mass is 480 g/mol. The summed E-state index contributed by atoms with van der Waals surface area (Å²) in [6.07, 6.45) is 10.7. The van der Waals surface area contributed by atoms with Crippen molar-refractivity contribution in [3.63, 3.8) is 0 Å². The van der Waals surface area contributed by atoms with Crippen molar-refractivity contribution in [2.24, 2.45) is 0 Å². The van der Waals surface area contributed by atoms with E-state index in [-0.39, 0.29) is 5.75 Å². The highest BCUT2D eigenvalue weighted by Crippen LogP contribution is 2.39. The molecule has 1 fully saturated rings. The summed E-state index contributed by atoms with van der Waals surface area (Å²) in [6.45, 7) is 5.40. The van der Waals surface area contributed by atoms with Crippen LogP contribution in [0.25, 0.3) is 0 Å². The highest BCUT2D eigenvalue weighted by Gasteiger charge is 2.17. The molecule has 0 radical (unpaired) electrons. The zero-order chi connectivity index (χ0) is 24.4. The van der Waals surface area contributed by atoms with E-state index in [9.17, 15) is 4.79 Å². The van der Waals surface area contributed by atoms with Crippen molar-refractivity contribution in [3.8, 4) is 17.2 Å². The molecule has 0 heterocycles. The Labute approximate surface area is 205 Å². The van der Waals surface area contributed by atoms with Crippen molar-refractivity contribution >= 4 is 6.09 Å². The molecular formula is C26H44N2O6. The molecule has 0 bridgehead atoms. The lowest BCUT2D eigenvalue weighted by Gasteiger charge is -2.21. The average Bonchev–Trinajstić information content (AvgIpc) is 2.82. The second kappa shape index (κ2) is 17.4. The third kappa shape index (κ3) is 10.9. The first-order valence-corrected chi connectivity index (χ1v) is 12.8. The van der Waals surface area contributed by atoms with Crippen molar-refractivity contribution in [1.29, 1.82) is 0 Å². The van der Waals surface area contributed by atoms with Crippen molar-refractivity contribution in [2.45, 2.75) is 70.8 Å². The summed E-state index contributed by atoms with van der Waals surface area (Å²) in [7, 11) is 3.08. The molecule has 2 rings (SSSR count). The van der Waals surface area contributed by atoms with E-state index in [0.29, 0.717) is 50.5 Å². The normalized spacial score (nSPS) is 14.8. The molecule has 0 aliphatic heterocycles. The average molecular weight is 481 g/mol. The number of aryl methyl sites for hydroxylation is 1. The van der Waals surface area contributed by atoms with Gasteiger partial charge in [-0.15, -0.1) is 0 Å². The van der Waals surface area contributed by atoms with E-state index in [4.69, 9.17) is 23.7 Å². The standard InChI is InChI=1S/C26H44N2O6/c1-4-10-21-19-23(30-2)25(24(20-21)31-3)34-26(29)28-14-16-33-18-17-32-15-13-27-22-11-8-6-5-7-9-12-22/h19-20,22,27H,4-18H2,1-3H3,(H,28,29). The lowest BCUT2D eigenvalue weighted by molar-refractivity contribution is 0.0491. The van der Waals surface area contributed by atoms with Gasteiger partial charge in [-0.3, -0.25) is 0 Å². The van der Waals surface area contributed by atoms with Crippen molar-refractivity contribution < 1.29 is 28.5 Å². The number of amides is 1. The minimum atomic E-state index is -0.583. The quantitative estimate of drug-likeness (QED) is 0.358. The minimum Gasteiger partial charge on any atom is -0.493 e. The molecule has 1 aromatic rings. The smallest absolute Gasteiger partial charge is 0.412 e. The van der Waals surface area contributed by atoms with Crippen LogP contribution in [0.4, 0.5) is 4.79 Å². The second-order valence-corrected chi connectivity index (χ2v) is 8.62. The number of carbonyl (C=O) groups excluding carboxylic acids is 1. The molecule has 1 aliphatic rings. The van der Waals surface area contributed by atoms with E-state index in [1.807, 2.05) is 12.1 Å². The molecule has 1 amide bonds. The minimum absolute atomic E-state index is 0.268. The van der Waals surface area contributed by atoms with Gasteiger partial charge in [-0.05, 0) is 37.0 Å². The summed E-state index contributed by atoms with van der Waals surface area (Å²) in [5.74, 6) is 1.20. The molecule has 8 nitrogen and oxygen atoms in total. The number of rotatable bonds is 15. The van der Waals surface area contributed by atoms with Crippen LogP contribution in [-0.2, 0) is 15.9 Å². The molecular weight excluding hydrogens is 436 g/mol. The zero-order valence-corrected chi connectivity index (χ0v) is 21.3. The Morgan fingerprint density at radius 1 is 0.882 bits per heavy atom. The van der Waals surface area contributed by atoms with Gasteiger partial charge in [0, 0.05) is 19.1 Å². The predicted molar refractivity (Wildman–Crippen MR) is 133 cm³/mol. The van der Waals surface area contributed by atoms with Crippen LogP contribution in [-0.4, -0.2) is 65.9 Å². The van der Waals surface area contributed by atoms with E-state index >= 15 is 0 Å². The molecule has 1 aliphatic carbocycles. The van der Waals surface area contributed by atoms with Gasteiger partial charge in [-0.1, -0.05) is 45.4 Å². The van der Waals surface area contributed by atoms with Crippen LogP contribution in [0, 0.1) is 0 Å². The third-order valence-electron chi connectivity index (χ3n) is 5.93. The number of benzene rings is 1. The lowest BCUT2D eigenvalue weighted by Crippen LogP contribution is -2.32. The van der Waals surface area contributed by atoms with Crippen molar-refractivity contribution in [2.75, 3.05) is 53.7 Å². The number of nitrogens with one attached hydrogen (secondary N) is 2. The first kappa shape index (κ1) is 28.2. The molecule has 0 spiro atoms. The van der Waals surface area contributed by atoms with E-state index < -0.39 is 6.09 Å². The van der Waals surface area contributed by atoms with Crippen LogP contribution in [0.3, 0.4) is 0 Å². The fourth-order valence-corrected chi connectivity index (χ4v) is 4.14. The van der Waals surface area contributed by atoms with Crippen LogP contribution < -0.4 is 24.8 Å². The second-order valence-electron chi connectivity index (χ2n) is 8.62. The van der Waals surface area contributed by atoms with Gasteiger partial charge in [-0.2, -0.15) is 0 Å². The van der Waals surface area contributed by atoms with Gasteiger partial charge in [0.15, 0.2) is 11.5 Å². The van der Waals surface area contributed by atoms with E-state index in [1.165, 1.54) is 44.9 Å². The van der Waals surface area contributed by atoms with Crippen LogP contribution in [0.15, 0.2) is 12.1 Å². The van der Waals surface area contributed by atoms with Crippen LogP contribution >= 0.6 is 0 Å². The van der Waals surface area contributed by atoms with E-state index in [2.05, 4.69) is 17.6 Å². The van der Waals surface area contributed by atoms with E-state index in [1.54, 1.807) is 14.2 Å². The number of carbonyl (C=O) groups is 1.